The van der Waals surface area contributed by atoms with Crippen molar-refractivity contribution in [2.75, 3.05) is 13.7 Å². The van der Waals surface area contributed by atoms with Gasteiger partial charge < -0.3 is 19.3 Å². The summed E-state index contributed by atoms with van der Waals surface area (Å²) >= 11 is 6.76. The molecule has 1 saturated heterocycles. The number of hydrogen-bond donors (Lipinski definition) is 1. The molecule has 1 N–H and O–H groups in total. The van der Waals surface area contributed by atoms with Gasteiger partial charge in [-0.2, -0.15) is 0 Å². The summed E-state index contributed by atoms with van der Waals surface area (Å²) in [6, 6.07) is 22.6. The largest absolute Gasteiger partial charge is 0.488 e. The highest BCUT2D eigenvalue weighted by Gasteiger charge is 2.37. The summed E-state index contributed by atoms with van der Waals surface area (Å²) in [6.45, 7) is 0.292. The molecule has 12 nitrogen and oxygen atoms in total. The van der Waals surface area contributed by atoms with Gasteiger partial charge in [-0.1, -0.05) is 66.2 Å². The van der Waals surface area contributed by atoms with Crippen LogP contribution in [-0.2, 0) is 29.3 Å². The first-order valence-electron chi connectivity index (χ1n) is 14.4. The molecule has 47 heavy (non-hydrogen) atoms. The molecule has 244 valence electrons. The number of carbonyl (C=O) groups excluding carboxylic acids is 1. The van der Waals surface area contributed by atoms with Crippen molar-refractivity contribution >= 4 is 46.7 Å². The number of fused-ring (bicyclic) bond motifs is 1. The first-order chi connectivity index (χ1) is 22.3. The average molecular weight is 682 g/mol. The van der Waals surface area contributed by atoms with Crippen LogP contribution in [0.4, 0.5) is 5.69 Å². The second-order valence-electron chi connectivity index (χ2n) is 10.9. The van der Waals surface area contributed by atoms with Crippen LogP contribution < -0.4 is 9.47 Å². The Labute approximate surface area is 280 Å². The highest BCUT2D eigenvalue weighted by Crippen LogP contribution is 2.38. The van der Waals surface area contributed by atoms with Crippen LogP contribution >= 0.6 is 24.0 Å². The molecule has 0 bridgehead atoms. The number of hydrogen-bond acceptors (Lipinski definition) is 11. The standard InChI is InChI=1S/C33H29ClN4O8.ClH/c1-43-33(40)29-14-24(39)17-37(29)16-23-13-28(38(41)42)31(15-30(23)44-18-20-10-11-26-27(12-20)36-46-35-26)45-19-22-8-5-9-25(32(22)34)21-6-3-2-4-7-21;/h2-13,15,24,29,39H,14,16-19H2,1H3;1H/t24-,29-;/m1./s1. The number of rotatable bonds is 11. The van der Waals surface area contributed by atoms with Crippen LogP contribution in [0.2, 0.25) is 5.02 Å². The molecule has 1 aliphatic heterocycles. The SMILES string of the molecule is COC(=O)[C@H]1C[C@@H](O)CN1Cc1cc([N+](=O)[O-])c(OCc2cccc(-c3ccccc3)c2Cl)cc1OCc1ccc2nonc2c1.Cl. The normalized spacial score (nSPS) is 16.1. The summed E-state index contributed by atoms with van der Waals surface area (Å²) in [4.78, 5) is 25.9. The van der Waals surface area contributed by atoms with Gasteiger partial charge in [0.1, 0.15) is 36.0 Å². The minimum atomic E-state index is -0.759. The number of carbonyl (C=O) groups is 1. The number of halogens is 2. The van der Waals surface area contributed by atoms with E-state index in [9.17, 15) is 20.0 Å². The number of ether oxygens (including phenoxy) is 3. The fourth-order valence-electron chi connectivity index (χ4n) is 5.53. The van der Waals surface area contributed by atoms with Crippen molar-refractivity contribution < 1.29 is 33.7 Å². The second-order valence-corrected chi connectivity index (χ2v) is 11.2. The van der Waals surface area contributed by atoms with Crippen molar-refractivity contribution in [3.63, 3.8) is 0 Å². The Morgan fingerprint density at radius 2 is 1.77 bits per heavy atom. The lowest BCUT2D eigenvalue weighted by atomic mass is 10.0. The van der Waals surface area contributed by atoms with E-state index in [4.69, 9.17) is 30.4 Å². The fraction of sp³-hybridized carbons (Fsp3) is 0.242. The number of aromatic nitrogens is 2. The molecule has 0 spiro atoms. The molecule has 6 rings (SSSR count). The molecular weight excluding hydrogens is 651 g/mol. The lowest BCUT2D eigenvalue weighted by molar-refractivity contribution is -0.386. The van der Waals surface area contributed by atoms with E-state index in [0.717, 1.165) is 16.7 Å². The zero-order valence-electron chi connectivity index (χ0n) is 25.1. The zero-order valence-corrected chi connectivity index (χ0v) is 26.6. The first kappa shape index (κ1) is 33.6. The first-order valence-corrected chi connectivity index (χ1v) is 14.8. The van der Waals surface area contributed by atoms with Gasteiger partial charge in [-0.3, -0.25) is 19.8 Å². The third-order valence-electron chi connectivity index (χ3n) is 7.83. The summed E-state index contributed by atoms with van der Waals surface area (Å²) in [7, 11) is 1.28. The quantitative estimate of drug-likeness (QED) is 0.0973. The van der Waals surface area contributed by atoms with Gasteiger partial charge in [0, 0.05) is 48.3 Å². The predicted molar refractivity (Wildman–Crippen MR) is 175 cm³/mol. The number of aliphatic hydroxyl groups is 1. The van der Waals surface area contributed by atoms with Crippen molar-refractivity contribution in [2.45, 2.75) is 38.3 Å². The number of likely N-dealkylation sites (tertiary alicyclic amines) is 1. The van der Waals surface area contributed by atoms with Crippen molar-refractivity contribution in [1.82, 2.24) is 15.2 Å². The van der Waals surface area contributed by atoms with E-state index in [1.807, 2.05) is 42.5 Å². The Kier molecular flexibility index (Phi) is 10.6. The second kappa shape index (κ2) is 14.8. The minimum Gasteiger partial charge on any atom is -0.488 e. The molecule has 2 atom stereocenters. The van der Waals surface area contributed by atoms with E-state index < -0.39 is 23.0 Å². The van der Waals surface area contributed by atoms with Crippen LogP contribution in [0.1, 0.15) is 23.1 Å². The Bertz CT molecular complexity index is 1890. The van der Waals surface area contributed by atoms with E-state index in [0.29, 0.717) is 32.9 Å². The van der Waals surface area contributed by atoms with Crippen LogP contribution in [0.25, 0.3) is 22.2 Å². The van der Waals surface area contributed by atoms with Gasteiger partial charge in [-0.15, -0.1) is 12.4 Å². The maximum atomic E-state index is 12.5. The fourth-order valence-corrected chi connectivity index (χ4v) is 5.82. The summed E-state index contributed by atoms with van der Waals surface area (Å²) in [5, 5.41) is 30.8. The molecule has 0 aliphatic carbocycles. The third-order valence-corrected chi connectivity index (χ3v) is 8.27. The van der Waals surface area contributed by atoms with Gasteiger partial charge in [0.05, 0.1) is 23.2 Å². The number of esters is 1. The van der Waals surface area contributed by atoms with Gasteiger partial charge in [-0.25, -0.2) is 4.63 Å². The van der Waals surface area contributed by atoms with Crippen LogP contribution in [0.3, 0.4) is 0 Å². The average Bonchev–Trinajstić information content (AvgIpc) is 3.69. The molecule has 5 aromatic rings. The third kappa shape index (κ3) is 7.47. The van der Waals surface area contributed by atoms with Crippen LogP contribution in [0.5, 0.6) is 11.5 Å². The van der Waals surface area contributed by atoms with E-state index in [1.54, 1.807) is 29.2 Å². The van der Waals surface area contributed by atoms with E-state index in [-0.39, 0.29) is 56.6 Å². The number of methoxy groups -OCH3 is 1. The maximum Gasteiger partial charge on any atom is 0.323 e. The summed E-state index contributed by atoms with van der Waals surface area (Å²) < 4.78 is 22.0. The molecule has 1 aliphatic rings. The lowest BCUT2D eigenvalue weighted by Crippen LogP contribution is -2.36. The van der Waals surface area contributed by atoms with Crippen LogP contribution in [0.15, 0.2) is 83.5 Å². The molecule has 0 amide bonds. The molecular formula is C33H30Cl2N4O8. The molecule has 14 heteroatoms. The number of aliphatic hydroxyl groups excluding tert-OH is 1. The highest BCUT2D eigenvalue weighted by atomic mass is 35.5. The van der Waals surface area contributed by atoms with Crippen LogP contribution in [0, 0.1) is 10.1 Å². The van der Waals surface area contributed by atoms with Gasteiger partial charge in [0.2, 0.25) is 5.75 Å². The van der Waals surface area contributed by atoms with Crippen molar-refractivity contribution in [2.24, 2.45) is 0 Å². The maximum absolute atomic E-state index is 12.5. The highest BCUT2D eigenvalue weighted by molar-refractivity contribution is 6.34. The van der Waals surface area contributed by atoms with Crippen molar-refractivity contribution in [1.29, 1.82) is 0 Å². The Morgan fingerprint density at radius 3 is 2.53 bits per heavy atom. The molecule has 4 aromatic carbocycles. The molecule has 1 fully saturated rings. The summed E-state index contributed by atoms with van der Waals surface area (Å²) in [6.07, 6.45) is -0.578. The van der Waals surface area contributed by atoms with Crippen molar-refractivity contribution in [3.8, 4) is 22.6 Å². The smallest absolute Gasteiger partial charge is 0.323 e. The Morgan fingerprint density at radius 1 is 1.00 bits per heavy atom. The molecule has 1 aromatic heterocycles. The Balaban J connectivity index is 0.00000433. The van der Waals surface area contributed by atoms with Crippen LogP contribution in [-0.4, -0.2) is 57.0 Å². The number of β-amino-alcohol motifs (C(OH)–C–C–N with tert-alkyl or cyclic N) is 1. The van der Waals surface area contributed by atoms with Crippen molar-refractivity contribution in [3.05, 3.63) is 111 Å². The lowest BCUT2D eigenvalue weighted by Gasteiger charge is -2.23. The topological polar surface area (TPSA) is 150 Å². The molecule has 0 radical (unpaired) electrons. The molecule has 0 saturated carbocycles. The van der Waals surface area contributed by atoms with E-state index in [1.165, 1.54) is 19.2 Å². The van der Waals surface area contributed by atoms with Gasteiger partial charge in [0.15, 0.2) is 0 Å². The monoisotopic (exact) mass is 680 g/mol. The van der Waals surface area contributed by atoms with Gasteiger partial charge >= 0.3 is 11.7 Å². The minimum absolute atomic E-state index is 0. The number of benzene rings is 4. The van der Waals surface area contributed by atoms with E-state index in [2.05, 4.69) is 10.3 Å². The molecule has 0 unspecified atom stereocenters. The number of nitrogens with zero attached hydrogens (tertiary/aromatic N) is 4. The summed E-state index contributed by atoms with van der Waals surface area (Å²) in [5.41, 5.74) is 4.41. The van der Waals surface area contributed by atoms with E-state index >= 15 is 0 Å². The number of nitro benzene ring substituents is 1. The van der Waals surface area contributed by atoms with Gasteiger partial charge in [0.25, 0.3) is 0 Å². The predicted octanol–water partition coefficient (Wildman–Crippen LogP) is 6.14. The summed E-state index contributed by atoms with van der Waals surface area (Å²) in [5.74, 6) is -0.224. The zero-order chi connectivity index (χ0) is 32.2. The molecule has 2 heterocycles. The Hall–Kier alpha value is -4.75. The van der Waals surface area contributed by atoms with Gasteiger partial charge in [-0.05, 0) is 33.6 Å². The number of nitro groups is 1.